The van der Waals surface area contributed by atoms with Crippen LogP contribution in [0.5, 0.6) is 0 Å². The third-order valence-electron chi connectivity index (χ3n) is 3.74. The van der Waals surface area contributed by atoms with Gasteiger partial charge in [0.15, 0.2) is 0 Å². The van der Waals surface area contributed by atoms with Crippen LogP contribution in [0.25, 0.3) is 0 Å². The van der Waals surface area contributed by atoms with Crippen LogP contribution in [0, 0.1) is 5.92 Å². The number of nitrogens with one attached hydrogen (secondary N) is 1. The highest BCUT2D eigenvalue weighted by Crippen LogP contribution is 2.27. The Hall–Kier alpha value is -0.0400. The Bertz CT molecular complexity index is 144. The van der Waals surface area contributed by atoms with Crippen molar-refractivity contribution in [2.24, 2.45) is 5.92 Å². The highest BCUT2D eigenvalue weighted by molar-refractivity contribution is 4.75. The van der Waals surface area contributed by atoms with Crippen LogP contribution in [0.4, 0.5) is 0 Å². The average Bonchev–Trinajstić information content (AvgIpc) is 2.45. The molecule has 0 aromatic heterocycles. The van der Waals surface area contributed by atoms with Crippen LogP contribution in [0.3, 0.4) is 0 Å². The minimum absolute atomic E-state index is 0.823. The van der Waals surface area contributed by atoms with Crippen LogP contribution in [0.2, 0.25) is 0 Å². The zero-order valence-electron chi connectivity index (χ0n) is 10.7. The fourth-order valence-electron chi connectivity index (χ4n) is 2.88. The molecule has 1 nitrogen and oxygen atoms in total. The molecule has 0 aromatic rings. The summed E-state index contributed by atoms with van der Waals surface area (Å²) in [5.41, 5.74) is 0. The molecule has 0 bridgehead atoms. The third-order valence-corrected chi connectivity index (χ3v) is 3.74. The van der Waals surface area contributed by atoms with Crippen molar-refractivity contribution in [3.8, 4) is 0 Å². The van der Waals surface area contributed by atoms with Gasteiger partial charge in [0.05, 0.1) is 0 Å². The molecule has 2 atom stereocenters. The van der Waals surface area contributed by atoms with Gasteiger partial charge < -0.3 is 5.32 Å². The number of hydrogen-bond donors (Lipinski definition) is 1. The Morgan fingerprint density at radius 2 is 1.87 bits per heavy atom. The van der Waals surface area contributed by atoms with E-state index >= 15 is 0 Å². The van der Waals surface area contributed by atoms with E-state index in [9.17, 15) is 0 Å². The van der Waals surface area contributed by atoms with Gasteiger partial charge in [-0.25, -0.2) is 0 Å². The van der Waals surface area contributed by atoms with Crippen LogP contribution in [-0.2, 0) is 0 Å². The van der Waals surface area contributed by atoms with Gasteiger partial charge in [0.2, 0.25) is 0 Å². The number of unbranched alkanes of at least 4 members (excludes halogenated alkanes) is 2. The van der Waals surface area contributed by atoms with Gasteiger partial charge >= 0.3 is 0 Å². The number of rotatable bonds is 6. The minimum Gasteiger partial charge on any atom is -0.314 e. The molecule has 1 aliphatic carbocycles. The average molecular weight is 211 g/mol. The van der Waals surface area contributed by atoms with Gasteiger partial charge in [0.25, 0.3) is 0 Å². The van der Waals surface area contributed by atoms with Gasteiger partial charge in [-0.3, -0.25) is 0 Å². The molecular weight excluding hydrogens is 182 g/mol. The monoisotopic (exact) mass is 211 g/mol. The maximum absolute atomic E-state index is 3.64. The molecule has 1 N–H and O–H groups in total. The van der Waals surface area contributed by atoms with E-state index in [0.717, 1.165) is 18.5 Å². The lowest BCUT2D eigenvalue weighted by molar-refractivity contribution is 0.361. The van der Waals surface area contributed by atoms with E-state index in [-0.39, 0.29) is 0 Å². The Kier molecular flexibility index (Phi) is 7.08. The van der Waals surface area contributed by atoms with Gasteiger partial charge in [-0.2, -0.15) is 0 Å². The lowest BCUT2D eigenvalue weighted by Gasteiger charge is -2.20. The van der Waals surface area contributed by atoms with Crippen molar-refractivity contribution in [2.45, 2.75) is 77.7 Å². The van der Waals surface area contributed by atoms with Gasteiger partial charge in [0.1, 0.15) is 0 Å². The summed E-state index contributed by atoms with van der Waals surface area (Å²) < 4.78 is 0. The summed E-state index contributed by atoms with van der Waals surface area (Å²) in [6.45, 7) is 5.68. The first-order valence-corrected chi connectivity index (χ1v) is 7.10. The molecule has 0 saturated heterocycles. The van der Waals surface area contributed by atoms with Crippen molar-refractivity contribution in [3.05, 3.63) is 0 Å². The largest absolute Gasteiger partial charge is 0.314 e. The van der Waals surface area contributed by atoms with Crippen molar-refractivity contribution < 1.29 is 0 Å². The molecule has 1 rings (SSSR count). The van der Waals surface area contributed by atoms with Crippen LogP contribution in [-0.4, -0.2) is 12.6 Å². The standard InChI is InChI=1S/C14H29N/c1-3-5-6-9-13-10-7-8-11-14(12-13)15-4-2/h13-15H,3-12H2,1-2H3. The first-order valence-electron chi connectivity index (χ1n) is 7.10. The Morgan fingerprint density at radius 3 is 2.60 bits per heavy atom. The summed E-state index contributed by atoms with van der Waals surface area (Å²) in [6.07, 6.45) is 13.0. The van der Waals surface area contributed by atoms with E-state index in [1.54, 1.807) is 0 Å². The maximum atomic E-state index is 3.64. The van der Waals surface area contributed by atoms with E-state index in [4.69, 9.17) is 0 Å². The SMILES string of the molecule is CCCCCC1CCCCC(NCC)C1. The fraction of sp³-hybridized carbons (Fsp3) is 1.00. The van der Waals surface area contributed by atoms with Crippen LogP contribution < -0.4 is 5.32 Å². The summed E-state index contributed by atoms with van der Waals surface area (Å²) in [5.74, 6) is 1.02. The first kappa shape index (κ1) is 13.0. The molecule has 0 heterocycles. The van der Waals surface area contributed by atoms with E-state index in [1.807, 2.05) is 0 Å². The third kappa shape index (κ3) is 5.55. The second-order valence-corrected chi connectivity index (χ2v) is 5.14. The Morgan fingerprint density at radius 1 is 1.07 bits per heavy atom. The summed E-state index contributed by atoms with van der Waals surface area (Å²) in [7, 11) is 0. The normalized spacial score (nSPS) is 27.6. The van der Waals surface area contributed by atoms with Crippen LogP contribution in [0.15, 0.2) is 0 Å². The smallest absolute Gasteiger partial charge is 0.00695 e. The van der Waals surface area contributed by atoms with E-state index in [1.165, 1.54) is 57.8 Å². The van der Waals surface area contributed by atoms with Crippen molar-refractivity contribution in [1.29, 1.82) is 0 Å². The van der Waals surface area contributed by atoms with Crippen molar-refractivity contribution in [2.75, 3.05) is 6.54 Å². The zero-order chi connectivity index (χ0) is 10.9. The van der Waals surface area contributed by atoms with Crippen molar-refractivity contribution >= 4 is 0 Å². The Labute approximate surface area is 96.0 Å². The molecule has 1 heteroatoms. The van der Waals surface area contributed by atoms with Crippen molar-refractivity contribution in [1.82, 2.24) is 5.32 Å². The predicted molar refractivity (Wildman–Crippen MR) is 68.2 cm³/mol. The highest BCUT2D eigenvalue weighted by Gasteiger charge is 2.18. The van der Waals surface area contributed by atoms with Gasteiger partial charge in [0, 0.05) is 6.04 Å². The molecule has 0 spiro atoms. The highest BCUT2D eigenvalue weighted by atomic mass is 14.9. The quantitative estimate of drug-likeness (QED) is 0.514. The molecule has 1 aliphatic rings. The Balaban J connectivity index is 2.22. The van der Waals surface area contributed by atoms with Crippen molar-refractivity contribution in [3.63, 3.8) is 0 Å². The second-order valence-electron chi connectivity index (χ2n) is 5.14. The topological polar surface area (TPSA) is 12.0 Å². The van der Waals surface area contributed by atoms with Gasteiger partial charge in [-0.15, -0.1) is 0 Å². The number of hydrogen-bond acceptors (Lipinski definition) is 1. The first-order chi connectivity index (χ1) is 7.36. The maximum Gasteiger partial charge on any atom is 0.00695 e. The van der Waals surface area contributed by atoms with Gasteiger partial charge in [-0.1, -0.05) is 58.8 Å². The molecule has 0 radical (unpaired) electrons. The molecule has 0 aromatic carbocycles. The summed E-state index contributed by atoms with van der Waals surface area (Å²) in [4.78, 5) is 0. The molecule has 0 aliphatic heterocycles. The van der Waals surface area contributed by atoms with Crippen LogP contribution >= 0.6 is 0 Å². The summed E-state index contributed by atoms with van der Waals surface area (Å²) >= 11 is 0. The van der Waals surface area contributed by atoms with Crippen LogP contribution in [0.1, 0.15) is 71.6 Å². The predicted octanol–water partition coefficient (Wildman–Crippen LogP) is 4.13. The lowest BCUT2D eigenvalue weighted by atomic mass is 9.92. The second kappa shape index (κ2) is 8.15. The molecule has 1 saturated carbocycles. The minimum atomic E-state index is 0.823. The van der Waals surface area contributed by atoms with E-state index in [0.29, 0.717) is 0 Å². The molecular formula is C14H29N. The molecule has 1 fully saturated rings. The molecule has 90 valence electrons. The fourth-order valence-corrected chi connectivity index (χ4v) is 2.88. The summed E-state index contributed by atoms with van der Waals surface area (Å²) in [6, 6.07) is 0.823. The molecule has 0 amide bonds. The summed E-state index contributed by atoms with van der Waals surface area (Å²) in [5, 5.41) is 3.64. The van der Waals surface area contributed by atoms with Gasteiger partial charge in [-0.05, 0) is 25.3 Å². The lowest BCUT2D eigenvalue weighted by Crippen LogP contribution is -2.29. The van der Waals surface area contributed by atoms with E-state index < -0.39 is 0 Å². The molecule has 15 heavy (non-hydrogen) atoms. The van der Waals surface area contributed by atoms with E-state index in [2.05, 4.69) is 19.2 Å². The zero-order valence-corrected chi connectivity index (χ0v) is 10.7. The molecule has 2 unspecified atom stereocenters.